The molecule has 1 aromatic carbocycles. The van der Waals surface area contributed by atoms with Crippen molar-refractivity contribution < 1.29 is 23.5 Å². The van der Waals surface area contributed by atoms with E-state index in [1.54, 1.807) is 27.0 Å². The lowest BCUT2D eigenvalue weighted by atomic mass is 10.1. The standard InChI is InChI=1S/C20H19FN4O4/c1-10-16(19(27)23-13-4-5-15(21)12(6-13)7-22)11(2)25(3)17(10)18(26)20(28)24-14-8-29-9-14/h4-6,14H,8-9H2,1-3H3,(H,23,27)(H,24,28). The number of ketones is 1. The Bertz CT molecular complexity index is 1060. The fraction of sp³-hybridized carbons (Fsp3) is 0.300. The summed E-state index contributed by atoms with van der Waals surface area (Å²) in [5.41, 5.74) is 1.24. The number of amides is 2. The van der Waals surface area contributed by atoms with Gasteiger partial charge in [0.1, 0.15) is 11.9 Å². The number of rotatable bonds is 5. The van der Waals surface area contributed by atoms with Crippen LogP contribution in [-0.4, -0.2) is 41.4 Å². The highest BCUT2D eigenvalue weighted by atomic mass is 19.1. The normalized spacial score (nSPS) is 13.3. The first kappa shape index (κ1) is 20.2. The zero-order chi connectivity index (χ0) is 21.3. The minimum Gasteiger partial charge on any atom is -0.377 e. The molecule has 29 heavy (non-hydrogen) atoms. The van der Waals surface area contributed by atoms with Crippen LogP contribution >= 0.6 is 0 Å². The summed E-state index contributed by atoms with van der Waals surface area (Å²) >= 11 is 0. The molecule has 0 radical (unpaired) electrons. The number of ether oxygens (including phenoxy) is 1. The topological polar surface area (TPSA) is 113 Å². The van der Waals surface area contributed by atoms with Gasteiger partial charge >= 0.3 is 0 Å². The van der Waals surface area contributed by atoms with E-state index < -0.39 is 23.4 Å². The van der Waals surface area contributed by atoms with E-state index in [0.29, 0.717) is 24.5 Å². The number of hydrogen-bond acceptors (Lipinski definition) is 5. The largest absolute Gasteiger partial charge is 0.377 e. The van der Waals surface area contributed by atoms with E-state index >= 15 is 0 Å². The van der Waals surface area contributed by atoms with E-state index in [2.05, 4.69) is 10.6 Å². The summed E-state index contributed by atoms with van der Waals surface area (Å²) in [7, 11) is 1.60. The second-order valence-corrected chi connectivity index (χ2v) is 6.79. The minimum absolute atomic E-state index is 0.113. The number of anilines is 1. The molecule has 8 nitrogen and oxygen atoms in total. The maximum Gasteiger partial charge on any atom is 0.294 e. The van der Waals surface area contributed by atoms with Crippen LogP contribution in [0.5, 0.6) is 0 Å². The summed E-state index contributed by atoms with van der Waals surface area (Å²) in [5.74, 6) is -2.72. The average molecular weight is 398 g/mol. The van der Waals surface area contributed by atoms with Gasteiger partial charge in [0.2, 0.25) is 0 Å². The smallest absolute Gasteiger partial charge is 0.294 e. The molecular formula is C20H19FN4O4. The summed E-state index contributed by atoms with van der Waals surface area (Å²) < 4.78 is 19.9. The molecule has 2 N–H and O–H groups in total. The summed E-state index contributed by atoms with van der Waals surface area (Å²) in [6.07, 6.45) is 0. The summed E-state index contributed by atoms with van der Waals surface area (Å²) in [5, 5.41) is 14.1. The SMILES string of the molecule is Cc1c(C(=O)Nc2ccc(F)c(C#N)c2)c(C)n(C)c1C(=O)C(=O)NC1COC1. The van der Waals surface area contributed by atoms with E-state index in [4.69, 9.17) is 10.00 Å². The second-order valence-electron chi connectivity index (χ2n) is 6.79. The molecule has 1 aliphatic rings. The predicted octanol–water partition coefficient (Wildman–Crippen LogP) is 1.60. The molecule has 0 atom stereocenters. The quantitative estimate of drug-likeness (QED) is 0.587. The van der Waals surface area contributed by atoms with Gasteiger partial charge in [-0.25, -0.2) is 4.39 Å². The van der Waals surface area contributed by atoms with Crippen molar-refractivity contribution in [2.75, 3.05) is 18.5 Å². The van der Waals surface area contributed by atoms with Crippen LogP contribution in [0.1, 0.15) is 37.7 Å². The van der Waals surface area contributed by atoms with Gasteiger partial charge in [0, 0.05) is 18.4 Å². The predicted molar refractivity (Wildman–Crippen MR) is 101 cm³/mol. The molecule has 1 aliphatic heterocycles. The molecule has 2 aromatic rings. The molecule has 0 unspecified atom stereocenters. The molecule has 3 rings (SSSR count). The molecule has 9 heteroatoms. The number of nitrogens with one attached hydrogen (secondary N) is 2. The van der Waals surface area contributed by atoms with Crippen molar-refractivity contribution in [2.24, 2.45) is 7.05 Å². The van der Waals surface area contributed by atoms with Crippen molar-refractivity contribution in [1.29, 1.82) is 5.26 Å². The number of benzene rings is 1. The van der Waals surface area contributed by atoms with Crippen LogP contribution in [0.3, 0.4) is 0 Å². The van der Waals surface area contributed by atoms with Crippen molar-refractivity contribution in [2.45, 2.75) is 19.9 Å². The molecule has 0 spiro atoms. The molecule has 0 saturated carbocycles. The van der Waals surface area contributed by atoms with Crippen LogP contribution < -0.4 is 10.6 Å². The number of carbonyl (C=O) groups is 3. The Morgan fingerprint density at radius 3 is 2.55 bits per heavy atom. The first-order valence-electron chi connectivity index (χ1n) is 8.84. The number of Topliss-reactive ketones (excluding diaryl/α,β-unsaturated/α-hetero) is 1. The van der Waals surface area contributed by atoms with Crippen LogP contribution in [-0.2, 0) is 16.6 Å². The van der Waals surface area contributed by atoms with Gasteiger partial charge in [0.25, 0.3) is 17.6 Å². The third-order valence-corrected chi connectivity index (χ3v) is 4.90. The fourth-order valence-corrected chi connectivity index (χ4v) is 3.19. The van der Waals surface area contributed by atoms with Gasteiger partial charge in [0.15, 0.2) is 0 Å². The molecule has 2 amide bonds. The Balaban J connectivity index is 1.87. The monoisotopic (exact) mass is 398 g/mol. The van der Waals surface area contributed by atoms with Gasteiger partial charge in [0.05, 0.1) is 36.1 Å². The van der Waals surface area contributed by atoms with Crippen LogP contribution in [0.15, 0.2) is 18.2 Å². The molecule has 1 saturated heterocycles. The van der Waals surface area contributed by atoms with Crippen molar-refractivity contribution in [1.82, 2.24) is 9.88 Å². The number of aromatic nitrogens is 1. The Hall–Kier alpha value is -3.51. The Labute approximate surface area is 166 Å². The van der Waals surface area contributed by atoms with Gasteiger partial charge in [-0.05, 0) is 37.6 Å². The van der Waals surface area contributed by atoms with Gasteiger partial charge in [-0.3, -0.25) is 14.4 Å². The number of nitrogens with zero attached hydrogens (tertiary/aromatic N) is 2. The third-order valence-electron chi connectivity index (χ3n) is 4.90. The van der Waals surface area contributed by atoms with Gasteiger partial charge in [-0.15, -0.1) is 0 Å². The molecule has 0 aliphatic carbocycles. The van der Waals surface area contributed by atoms with Crippen LogP contribution in [0.4, 0.5) is 10.1 Å². The first-order valence-corrected chi connectivity index (χ1v) is 8.84. The molecule has 1 aromatic heterocycles. The van der Waals surface area contributed by atoms with Gasteiger partial charge < -0.3 is 19.9 Å². The zero-order valence-corrected chi connectivity index (χ0v) is 16.1. The van der Waals surface area contributed by atoms with E-state index in [-0.39, 0.29) is 28.6 Å². The van der Waals surface area contributed by atoms with E-state index in [1.165, 1.54) is 16.7 Å². The van der Waals surface area contributed by atoms with Crippen molar-refractivity contribution in [3.63, 3.8) is 0 Å². The molecular weight excluding hydrogens is 379 g/mol. The van der Waals surface area contributed by atoms with Crippen molar-refractivity contribution in [3.8, 4) is 6.07 Å². The number of halogens is 1. The lowest BCUT2D eigenvalue weighted by molar-refractivity contribution is -0.121. The van der Waals surface area contributed by atoms with Crippen LogP contribution in [0.2, 0.25) is 0 Å². The summed E-state index contributed by atoms with van der Waals surface area (Å²) in [4.78, 5) is 37.7. The fourth-order valence-electron chi connectivity index (χ4n) is 3.19. The number of nitriles is 1. The number of carbonyl (C=O) groups excluding carboxylic acids is 3. The molecule has 0 bridgehead atoms. The zero-order valence-electron chi connectivity index (χ0n) is 16.1. The van der Waals surface area contributed by atoms with E-state index in [9.17, 15) is 18.8 Å². The second kappa shape index (κ2) is 7.85. The van der Waals surface area contributed by atoms with Crippen molar-refractivity contribution in [3.05, 3.63) is 52.1 Å². The Morgan fingerprint density at radius 1 is 1.28 bits per heavy atom. The highest BCUT2D eigenvalue weighted by Crippen LogP contribution is 2.24. The summed E-state index contributed by atoms with van der Waals surface area (Å²) in [6, 6.07) is 5.16. The lowest BCUT2D eigenvalue weighted by Gasteiger charge is -2.26. The van der Waals surface area contributed by atoms with Crippen molar-refractivity contribution >= 4 is 23.3 Å². The van der Waals surface area contributed by atoms with E-state index in [1.807, 2.05) is 0 Å². The summed E-state index contributed by atoms with van der Waals surface area (Å²) in [6.45, 7) is 3.96. The maximum atomic E-state index is 13.5. The molecule has 1 fully saturated rings. The van der Waals surface area contributed by atoms with Crippen LogP contribution in [0, 0.1) is 31.0 Å². The maximum absolute atomic E-state index is 13.5. The Kier molecular flexibility index (Phi) is 5.48. The van der Waals surface area contributed by atoms with Gasteiger partial charge in [-0.2, -0.15) is 5.26 Å². The minimum atomic E-state index is -0.758. The van der Waals surface area contributed by atoms with E-state index in [0.717, 1.165) is 6.07 Å². The Morgan fingerprint density at radius 2 is 1.97 bits per heavy atom. The molecule has 150 valence electrons. The first-order chi connectivity index (χ1) is 13.7. The molecule has 2 heterocycles. The number of hydrogen-bond donors (Lipinski definition) is 2. The van der Waals surface area contributed by atoms with Crippen LogP contribution in [0.25, 0.3) is 0 Å². The highest BCUT2D eigenvalue weighted by Gasteiger charge is 2.31. The average Bonchev–Trinajstić information content (AvgIpc) is 2.87. The lowest BCUT2D eigenvalue weighted by Crippen LogP contribution is -2.50. The third kappa shape index (κ3) is 3.75. The highest BCUT2D eigenvalue weighted by molar-refractivity contribution is 6.43. The van der Waals surface area contributed by atoms with Gasteiger partial charge in [-0.1, -0.05) is 0 Å².